The number of nitrogens with one attached hydrogen (secondary N) is 2. The van der Waals surface area contributed by atoms with Crippen molar-refractivity contribution in [2.45, 2.75) is 32.6 Å². The SMILES string of the molecule is CCOC(=O)c1c(S(=O)(=O)NCC(=O)Nc2ccc(C)cn2)c(C)n(C)c1C. The lowest BCUT2D eigenvalue weighted by atomic mass is 10.2. The molecule has 2 aromatic heterocycles. The number of ether oxygens (including phenoxy) is 1. The predicted molar refractivity (Wildman–Crippen MR) is 104 cm³/mol. The highest BCUT2D eigenvalue weighted by Gasteiger charge is 2.31. The van der Waals surface area contributed by atoms with Gasteiger partial charge in [0, 0.05) is 24.6 Å². The summed E-state index contributed by atoms with van der Waals surface area (Å²) >= 11 is 0. The molecule has 9 nitrogen and oxygen atoms in total. The molecule has 28 heavy (non-hydrogen) atoms. The molecule has 0 unspecified atom stereocenters. The Bertz CT molecular complexity index is 994. The highest BCUT2D eigenvalue weighted by Crippen LogP contribution is 2.26. The van der Waals surface area contributed by atoms with Crippen molar-refractivity contribution in [1.82, 2.24) is 14.3 Å². The Balaban J connectivity index is 2.22. The van der Waals surface area contributed by atoms with Gasteiger partial charge in [0.25, 0.3) is 0 Å². The highest BCUT2D eigenvalue weighted by molar-refractivity contribution is 7.89. The molecule has 0 aliphatic rings. The van der Waals surface area contributed by atoms with Crippen LogP contribution in [0.3, 0.4) is 0 Å². The molecular formula is C18H24N4O5S. The van der Waals surface area contributed by atoms with E-state index in [9.17, 15) is 18.0 Å². The molecule has 2 aromatic rings. The lowest BCUT2D eigenvalue weighted by Crippen LogP contribution is -2.34. The third-order valence-electron chi connectivity index (χ3n) is 4.27. The molecule has 152 valence electrons. The van der Waals surface area contributed by atoms with E-state index in [1.807, 2.05) is 6.92 Å². The second-order valence-corrected chi connectivity index (χ2v) is 7.95. The Hall–Kier alpha value is -2.72. The maximum atomic E-state index is 12.8. The molecule has 1 amide bonds. The highest BCUT2D eigenvalue weighted by atomic mass is 32.2. The topological polar surface area (TPSA) is 119 Å². The van der Waals surface area contributed by atoms with Gasteiger partial charge in [0.2, 0.25) is 15.9 Å². The lowest BCUT2D eigenvalue weighted by molar-refractivity contribution is -0.115. The van der Waals surface area contributed by atoms with E-state index in [0.29, 0.717) is 17.2 Å². The van der Waals surface area contributed by atoms with Gasteiger partial charge in [-0.25, -0.2) is 22.9 Å². The molecule has 10 heteroatoms. The van der Waals surface area contributed by atoms with Crippen LogP contribution in [0, 0.1) is 20.8 Å². The molecule has 0 fully saturated rings. The van der Waals surface area contributed by atoms with Gasteiger partial charge in [0.05, 0.1) is 13.2 Å². The molecule has 0 radical (unpaired) electrons. The summed E-state index contributed by atoms with van der Waals surface area (Å²) in [6.45, 7) is 6.32. The number of carbonyl (C=O) groups excluding carboxylic acids is 2. The number of esters is 1. The van der Waals surface area contributed by atoms with Crippen LogP contribution in [0.4, 0.5) is 5.82 Å². The van der Waals surface area contributed by atoms with Gasteiger partial charge in [0.1, 0.15) is 16.3 Å². The molecule has 0 aromatic carbocycles. The van der Waals surface area contributed by atoms with Crippen LogP contribution >= 0.6 is 0 Å². The second kappa shape index (κ2) is 8.53. The van der Waals surface area contributed by atoms with Crippen LogP contribution in [-0.2, 0) is 26.6 Å². The molecule has 0 atom stereocenters. The average molecular weight is 408 g/mol. The summed E-state index contributed by atoms with van der Waals surface area (Å²) in [4.78, 5) is 28.2. The number of carbonyl (C=O) groups is 2. The first-order valence-electron chi connectivity index (χ1n) is 8.63. The Morgan fingerprint density at radius 1 is 1.18 bits per heavy atom. The van der Waals surface area contributed by atoms with Gasteiger partial charge < -0.3 is 14.6 Å². The van der Waals surface area contributed by atoms with E-state index >= 15 is 0 Å². The first-order valence-corrected chi connectivity index (χ1v) is 10.1. The van der Waals surface area contributed by atoms with Gasteiger partial charge in [0.15, 0.2) is 0 Å². The van der Waals surface area contributed by atoms with Crippen LogP contribution in [0.15, 0.2) is 23.2 Å². The van der Waals surface area contributed by atoms with Gasteiger partial charge in [-0.1, -0.05) is 6.07 Å². The van der Waals surface area contributed by atoms with Crippen molar-refractivity contribution in [3.05, 3.63) is 40.8 Å². The van der Waals surface area contributed by atoms with Gasteiger partial charge in [-0.15, -0.1) is 0 Å². The average Bonchev–Trinajstić information content (AvgIpc) is 2.87. The van der Waals surface area contributed by atoms with E-state index in [-0.39, 0.29) is 17.1 Å². The van der Waals surface area contributed by atoms with Crippen LogP contribution in [0.25, 0.3) is 0 Å². The maximum absolute atomic E-state index is 12.8. The summed E-state index contributed by atoms with van der Waals surface area (Å²) in [6.07, 6.45) is 1.58. The molecule has 2 N–H and O–H groups in total. The quantitative estimate of drug-likeness (QED) is 0.669. The number of anilines is 1. The first-order chi connectivity index (χ1) is 13.1. The zero-order chi connectivity index (χ0) is 21.1. The van der Waals surface area contributed by atoms with Gasteiger partial charge in [-0.2, -0.15) is 0 Å². The molecule has 0 bridgehead atoms. The molecule has 2 heterocycles. The molecule has 0 saturated heterocycles. The standard InChI is InChI=1S/C18H24N4O5S/c1-6-27-18(24)16-12(3)22(5)13(4)17(16)28(25,26)20-10-15(23)21-14-8-7-11(2)9-19-14/h7-9,20H,6,10H2,1-5H3,(H,19,21,23). The maximum Gasteiger partial charge on any atom is 0.341 e. The summed E-state index contributed by atoms with van der Waals surface area (Å²) < 4.78 is 34.5. The zero-order valence-corrected chi connectivity index (χ0v) is 17.3. The number of nitrogens with zero attached hydrogens (tertiary/aromatic N) is 2. The smallest absolute Gasteiger partial charge is 0.341 e. The van der Waals surface area contributed by atoms with Crippen molar-refractivity contribution in [2.75, 3.05) is 18.5 Å². The van der Waals surface area contributed by atoms with Crippen molar-refractivity contribution in [3.8, 4) is 0 Å². The Morgan fingerprint density at radius 2 is 1.86 bits per heavy atom. The monoisotopic (exact) mass is 408 g/mol. The number of pyridine rings is 1. The fraction of sp³-hybridized carbons (Fsp3) is 0.389. The van der Waals surface area contributed by atoms with E-state index in [0.717, 1.165) is 5.56 Å². The van der Waals surface area contributed by atoms with Crippen LogP contribution < -0.4 is 10.0 Å². The van der Waals surface area contributed by atoms with E-state index < -0.39 is 28.4 Å². The minimum atomic E-state index is -4.13. The van der Waals surface area contributed by atoms with Crippen LogP contribution in [0.5, 0.6) is 0 Å². The number of aromatic nitrogens is 2. The van der Waals surface area contributed by atoms with E-state index in [4.69, 9.17) is 4.74 Å². The largest absolute Gasteiger partial charge is 0.462 e. The van der Waals surface area contributed by atoms with Crippen molar-refractivity contribution in [1.29, 1.82) is 0 Å². The van der Waals surface area contributed by atoms with Crippen LogP contribution in [0.1, 0.15) is 34.2 Å². The number of sulfonamides is 1. The number of amides is 1. The number of hydrogen-bond acceptors (Lipinski definition) is 6. The third kappa shape index (κ3) is 4.57. The van der Waals surface area contributed by atoms with Crippen molar-refractivity contribution >= 4 is 27.7 Å². The van der Waals surface area contributed by atoms with Crippen LogP contribution in [0.2, 0.25) is 0 Å². The minimum absolute atomic E-state index is 0.0324. The van der Waals surface area contributed by atoms with Gasteiger partial charge in [-0.05, 0) is 39.3 Å². The van der Waals surface area contributed by atoms with E-state index in [1.165, 1.54) is 0 Å². The van der Waals surface area contributed by atoms with Crippen molar-refractivity contribution in [2.24, 2.45) is 7.05 Å². The summed E-state index contributed by atoms with van der Waals surface area (Å²) in [5.41, 5.74) is 1.73. The Labute approximate surface area is 164 Å². The van der Waals surface area contributed by atoms with E-state index in [2.05, 4.69) is 15.0 Å². The van der Waals surface area contributed by atoms with Crippen molar-refractivity contribution < 1.29 is 22.7 Å². The Kier molecular flexibility index (Phi) is 6.57. The second-order valence-electron chi connectivity index (χ2n) is 6.25. The lowest BCUT2D eigenvalue weighted by Gasteiger charge is -2.10. The molecule has 0 aliphatic carbocycles. The molecular weight excluding hydrogens is 384 g/mol. The molecule has 0 spiro atoms. The summed E-state index contributed by atoms with van der Waals surface area (Å²) in [7, 11) is -2.48. The number of aryl methyl sites for hydroxylation is 1. The fourth-order valence-corrected chi connectivity index (χ4v) is 4.14. The summed E-state index contributed by atoms with van der Waals surface area (Å²) in [5.74, 6) is -0.992. The van der Waals surface area contributed by atoms with Gasteiger partial charge >= 0.3 is 5.97 Å². The van der Waals surface area contributed by atoms with Gasteiger partial charge in [-0.3, -0.25) is 4.79 Å². The van der Waals surface area contributed by atoms with Crippen molar-refractivity contribution in [3.63, 3.8) is 0 Å². The van der Waals surface area contributed by atoms with E-state index in [1.54, 1.807) is 50.7 Å². The number of hydrogen-bond donors (Lipinski definition) is 2. The minimum Gasteiger partial charge on any atom is -0.462 e. The third-order valence-corrected chi connectivity index (χ3v) is 5.83. The fourth-order valence-electron chi connectivity index (χ4n) is 2.65. The summed E-state index contributed by atoms with van der Waals surface area (Å²) in [6, 6.07) is 3.39. The normalized spacial score (nSPS) is 11.3. The summed E-state index contributed by atoms with van der Waals surface area (Å²) in [5, 5.41) is 2.51. The molecule has 2 rings (SSSR count). The molecule has 0 saturated carbocycles. The number of rotatable bonds is 7. The molecule has 0 aliphatic heterocycles. The first kappa shape index (κ1) is 21.6. The predicted octanol–water partition coefficient (Wildman–Crippen LogP) is 1.44. The zero-order valence-electron chi connectivity index (χ0n) is 16.5. The Morgan fingerprint density at radius 3 is 2.43 bits per heavy atom. The van der Waals surface area contributed by atoms with Crippen LogP contribution in [-0.4, -0.2) is 43.0 Å².